The third-order valence-corrected chi connectivity index (χ3v) is 2.94. The molecular weight excluding hydrogens is 226 g/mol. The summed E-state index contributed by atoms with van der Waals surface area (Å²) in [6.45, 7) is 5.70. The molecule has 0 aliphatic carbocycles. The van der Waals surface area contributed by atoms with Gasteiger partial charge in [0, 0.05) is 6.26 Å². The van der Waals surface area contributed by atoms with Gasteiger partial charge < -0.3 is 10.5 Å². The Balaban J connectivity index is 3.11. The van der Waals surface area contributed by atoms with Crippen LogP contribution in [0.4, 0.5) is 5.69 Å². The average Bonchev–Trinajstić information content (AvgIpc) is 2.04. The summed E-state index contributed by atoms with van der Waals surface area (Å²) >= 11 is 0. The van der Waals surface area contributed by atoms with Crippen molar-refractivity contribution in [3.63, 3.8) is 0 Å². The van der Waals surface area contributed by atoms with Gasteiger partial charge in [0.25, 0.3) is 0 Å². The fourth-order valence-corrected chi connectivity index (χ4v) is 1.84. The van der Waals surface area contributed by atoms with Crippen LogP contribution < -0.4 is 10.5 Å². The molecule has 0 atom stereocenters. The molecule has 4 nitrogen and oxygen atoms in total. The lowest BCUT2D eigenvalue weighted by Gasteiger charge is -2.22. The van der Waals surface area contributed by atoms with Gasteiger partial charge in [-0.25, -0.2) is 8.42 Å². The third kappa shape index (κ3) is 3.41. The summed E-state index contributed by atoms with van der Waals surface area (Å²) in [5.41, 5.74) is 5.71. The van der Waals surface area contributed by atoms with E-state index in [0.29, 0.717) is 11.4 Å². The molecule has 5 heteroatoms. The number of nitrogen functional groups attached to an aromatic ring is 1. The first kappa shape index (κ1) is 12.8. The fraction of sp³-hybridized carbons (Fsp3) is 0.455. The van der Waals surface area contributed by atoms with Crippen LogP contribution in [0.25, 0.3) is 0 Å². The van der Waals surface area contributed by atoms with Crippen molar-refractivity contribution in [2.45, 2.75) is 31.3 Å². The van der Waals surface area contributed by atoms with Crippen molar-refractivity contribution in [2.75, 3.05) is 12.0 Å². The van der Waals surface area contributed by atoms with Crippen LogP contribution in [0, 0.1) is 0 Å². The van der Waals surface area contributed by atoms with E-state index in [9.17, 15) is 8.42 Å². The molecule has 0 aliphatic heterocycles. The topological polar surface area (TPSA) is 69.4 Å². The molecule has 0 saturated heterocycles. The van der Waals surface area contributed by atoms with Gasteiger partial charge >= 0.3 is 0 Å². The Bertz CT molecular complexity index is 486. The predicted octanol–water partition coefficient (Wildman–Crippen LogP) is 1.85. The number of sulfone groups is 1. The summed E-state index contributed by atoms with van der Waals surface area (Å²) in [6, 6.07) is 4.49. The number of anilines is 1. The van der Waals surface area contributed by atoms with Crippen molar-refractivity contribution in [1.82, 2.24) is 0 Å². The minimum atomic E-state index is -3.22. The third-order valence-electron chi connectivity index (χ3n) is 1.83. The zero-order valence-corrected chi connectivity index (χ0v) is 10.8. The zero-order valence-electron chi connectivity index (χ0n) is 9.94. The molecule has 0 aromatic heterocycles. The van der Waals surface area contributed by atoms with E-state index in [-0.39, 0.29) is 10.5 Å². The predicted molar refractivity (Wildman–Crippen MR) is 64.3 cm³/mol. The van der Waals surface area contributed by atoms with Crippen LogP contribution in [0.3, 0.4) is 0 Å². The number of nitrogens with two attached hydrogens (primary N) is 1. The van der Waals surface area contributed by atoms with E-state index in [1.165, 1.54) is 12.1 Å². The summed E-state index contributed by atoms with van der Waals surface area (Å²) in [5, 5.41) is 0. The van der Waals surface area contributed by atoms with Crippen molar-refractivity contribution >= 4 is 15.5 Å². The molecule has 1 aromatic carbocycles. The molecule has 0 heterocycles. The van der Waals surface area contributed by atoms with Crippen LogP contribution in [0.1, 0.15) is 20.8 Å². The maximum Gasteiger partial charge on any atom is 0.175 e. The smallest absolute Gasteiger partial charge is 0.175 e. The first-order valence-corrected chi connectivity index (χ1v) is 6.77. The normalized spacial score (nSPS) is 12.5. The number of rotatable bonds is 2. The summed E-state index contributed by atoms with van der Waals surface area (Å²) < 4.78 is 28.2. The maximum atomic E-state index is 11.3. The summed E-state index contributed by atoms with van der Waals surface area (Å²) in [6.07, 6.45) is 1.14. The molecular formula is C11H17NO3S. The SMILES string of the molecule is CC(C)(C)Oc1ccc(S(C)(=O)=O)cc1N. The Morgan fingerprint density at radius 3 is 2.19 bits per heavy atom. The van der Waals surface area contributed by atoms with E-state index in [1.54, 1.807) is 6.07 Å². The number of ether oxygens (including phenoxy) is 1. The summed E-state index contributed by atoms with van der Waals surface area (Å²) in [7, 11) is -3.22. The number of benzene rings is 1. The minimum absolute atomic E-state index is 0.200. The fourth-order valence-electron chi connectivity index (χ4n) is 1.18. The molecule has 1 rings (SSSR count). The monoisotopic (exact) mass is 243 g/mol. The lowest BCUT2D eigenvalue weighted by molar-refractivity contribution is 0.132. The molecule has 0 saturated carbocycles. The minimum Gasteiger partial charge on any atom is -0.486 e. The van der Waals surface area contributed by atoms with E-state index in [0.717, 1.165) is 6.26 Å². The molecule has 90 valence electrons. The molecule has 16 heavy (non-hydrogen) atoms. The Morgan fingerprint density at radius 2 is 1.81 bits per heavy atom. The van der Waals surface area contributed by atoms with Crippen LogP contribution in [0.2, 0.25) is 0 Å². The Labute approximate surface area is 96.3 Å². The van der Waals surface area contributed by atoms with E-state index >= 15 is 0 Å². The molecule has 0 unspecified atom stereocenters. The first-order valence-electron chi connectivity index (χ1n) is 4.88. The highest BCUT2D eigenvalue weighted by Crippen LogP contribution is 2.27. The van der Waals surface area contributed by atoms with Gasteiger partial charge in [-0.15, -0.1) is 0 Å². The molecule has 0 aliphatic rings. The largest absolute Gasteiger partial charge is 0.486 e. The Hall–Kier alpha value is -1.23. The van der Waals surface area contributed by atoms with Crippen LogP contribution >= 0.6 is 0 Å². The Kier molecular flexibility index (Phi) is 3.19. The second-order valence-electron chi connectivity index (χ2n) is 4.69. The van der Waals surface area contributed by atoms with Gasteiger partial charge in [0.1, 0.15) is 11.4 Å². The van der Waals surface area contributed by atoms with E-state index < -0.39 is 9.84 Å². The zero-order chi connectivity index (χ0) is 12.6. The molecule has 0 bridgehead atoms. The Morgan fingerprint density at radius 1 is 1.25 bits per heavy atom. The average molecular weight is 243 g/mol. The second-order valence-corrected chi connectivity index (χ2v) is 6.70. The highest BCUT2D eigenvalue weighted by Gasteiger charge is 2.15. The first-order chi connectivity index (χ1) is 7.09. The van der Waals surface area contributed by atoms with Gasteiger partial charge in [-0.05, 0) is 39.0 Å². The van der Waals surface area contributed by atoms with Crippen LogP contribution in [0.5, 0.6) is 5.75 Å². The van der Waals surface area contributed by atoms with Crippen molar-refractivity contribution in [3.8, 4) is 5.75 Å². The van der Waals surface area contributed by atoms with Gasteiger partial charge in [0.05, 0.1) is 10.6 Å². The standard InChI is InChI=1S/C11H17NO3S/c1-11(2,3)15-10-6-5-8(7-9(10)12)16(4,13)14/h5-7H,12H2,1-4H3. The highest BCUT2D eigenvalue weighted by molar-refractivity contribution is 7.90. The van der Waals surface area contributed by atoms with Crippen molar-refractivity contribution < 1.29 is 13.2 Å². The lowest BCUT2D eigenvalue weighted by atomic mass is 10.2. The van der Waals surface area contributed by atoms with Gasteiger partial charge in [0.15, 0.2) is 9.84 Å². The molecule has 0 amide bonds. The van der Waals surface area contributed by atoms with Gasteiger partial charge in [-0.3, -0.25) is 0 Å². The summed E-state index contributed by atoms with van der Waals surface area (Å²) in [4.78, 5) is 0.200. The van der Waals surface area contributed by atoms with Crippen LogP contribution in [-0.4, -0.2) is 20.3 Å². The van der Waals surface area contributed by atoms with Gasteiger partial charge in [0.2, 0.25) is 0 Å². The summed E-state index contributed by atoms with van der Waals surface area (Å²) in [5.74, 6) is 0.500. The van der Waals surface area contributed by atoms with Crippen molar-refractivity contribution in [3.05, 3.63) is 18.2 Å². The number of hydrogen-bond acceptors (Lipinski definition) is 4. The lowest BCUT2D eigenvalue weighted by Crippen LogP contribution is -2.23. The molecule has 0 spiro atoms. The highest BCUT2D eigenvalue weighted by atomic mass is 32.2. The van der Waals surface area contributed by atoms with Crippen LogP contribution in [0.15, 0.2) is 23.1 Å². The van der Waals surface area contributed by atoms with Crippen molar-refractivity contribution in [1.29, 1.82) is 0 Å². The van der Waals surface area contributed by atoms with Crippen molar-refractivity contribution in [2.24, 2.45) is 0 Å². The quantitative estimate of drug-likeness (QED) is 0.805. The molecule has 0 radical (unpaired) electrons. The van der Waals surface area contributed by atoms with Gasteiger partial charge in [-0.1, -0.05) is 0 Å². The molecule has 0 fully saturated rings. The van der Waals surface area contributed by atoms with E-state index in [2.05, 4.69) is 0 Å². The van der Waals surface area contributed by atoms with E-state index in [1.807, 2.05) is 20.8 Å². The molecule has 2 N–H and O–H groups in total. The number of hydrogen-bond donors (Lipinski definition) is 1. The second kappa shape index (κ2) is 3.97. The maximum absolute atomic E-state index is 11.3. The van der Waals surface area contributed by atoms with Crippen LogP contribution in [-0.2, 0) is 9.84 Å². The van der Waals surface area contributed by atoms with Gasteiger partial charge in [-0.2, -0.15) is 0 Å². The van der Waals surface area contributed by atoms with E-state index in [4.69, 9.17) is 10.5 Å². The molecule has 1 aromatic rings.